The summed E-state index contributed by atoms with van der Waals surface area (Å²) < 4.78 is 0. The molecule has 6 heteroatoms. The number of carbonyl (C=O) groups is 2. The van der Waals surface area contributed by atoms with Gasteiger partial charge >= 0.3 is 0 Å². The molecule has 0 bridgehead atoms. The zero-order valence-electron chi connectivity index (χ0n) is 12.2. The summed E-state index contributed by atoms with van der Waals surface area (Å²) in [7, 11) is 1.66. The van der Waals surface area contributed by atoms with Gasteiger partial charge in [0.25, 0.3) is 0 Å². The molecular weight excluding hydrogens is 278 g/mol. The van der Waals surface area contributed by atoms with E-state index < -0.39 is 0 Å². The number of hydrogen-bond donors (Lipinski definition) is 2. The number of piperidine rings is 1. The maximum atomic E-state index is 12.2. The van der Waals surface area contributed by atoms with Crippen LogP contribution in [-0.4, -0.2) is 49.9 Å². The van der Waals surface area contributed by atoms with Crippen LogP contribution in [0.1, 0.15) is 32.1 Å². The minimum absolute atomic E-state index is 0. The van der Waals surface area contributed by atoms with Gasteiger partial charge in [0.15, 0.2) is 0 Å². The predicted molar refractivity (Wildman–Crippen MR) is 80.8 cm³/mol. The van der Waals surface area contributed by atoms with Crippen LogP contribution in [0.4, 0.5) is 0 Å². The monoisotopic (exact) mass is 303 g/mol. The Morgan fingerprint density at radius 1 is 1.35 bits per heavy atom. The predicted octanol–water partition coefficient (Wildman–Crippen LogP) is 0.782. The van der Waals surface area contributed by atoms with Gasteiger partial charge in [0.05, 0.1) is 5.92 Å². The molecule has 2 aliphatic rings. The summed E-state index contributed by atoms with van der Waals surface area (Å²) in [5.74, 6) is 0.928. The Balaban J connectivity index is 0.00000200. The molecule has 2 unspecified atom stereocenters. The summed E-state index contributed by atoms with van der Waals surface area (Å²) in [6.07, 6.45) is 4.64. The van der Waals surface area contributed by atoms with E-state index in [2.05, 4.69) is 10.6 Å². The van der Waals surface area contributed by atoms with E-state index in [1.165, 1.54) is 6.42 Å². The van der Waals surface area contributed by atoms with Crippen molar-refractivity contribution >= 4 is 24.2 Å². The van der Waals surface area contributed by atoms with Crippen LogP contribution in [0.25, 0.3) is 0 Å². The molecule has 5 nitrogen and oxygen atoms in total. The van der Waals surface area contributed by atoms with Crippen LogP contribution < -0.4 is 10.6 Å². The quantitative estimate of drug-likeness (QED) is 0.807. The fourth-order valence-electron chi connectivity index (χ4n) is 3.07. The van der Waals surface area contributed by atoms with E-state index in [1.807, 2.05) is 4.90 Å². The molecule has 0 aromatic rings. The van der Waals surface area contributed by atoms with E-state index in [4.69, 9.17) is 0 Å². The van der Waals surface area contributed by atoms with E-state index in [0.717, 1.165) is 38.9 Å². The number of hydrogen-bond acceptors (Lipinski definition) is 3. The normalized spacial score (nSPS) is 25.9. The lowest BCUT2D eigenvalue weighted by Crippen LogP contribution is -2.44. The fourth-order valence-corrected chi connectivity index (χ4v) is 3.07. The van der Waals surface area contributed by atoms with Crippen molar-refractivity contribution in [3.8, 4) is 0 Å². The summed E-state index contributed by atoms with van der Waals surface area (Å²) in [6.45, 7) is 3.55. The minimum Gasteiger partial charge on any atom is -0.359 e. The molecule has 2 N–H and O–H groups in total. The molecule has 116 valence electrons. The van der Waals surface area contributed by atoms with Crippen molar-refractivity contribution in [3.63, 3.8) is 0 Å². The number of carbonyl (C=O) groups excluding carboxylic acids is 2. The minimum atomic E-state index is -0.0177. The van der Waals surface area contributed by atoms with Gasteiger partial charge in [-0.05, 0) is 44.7 Å². The third-order valence-corrected chi connectivity index (χ3v) is 4.32. The molecule has 2 amide bonds. The lowest BCUT2D eigenvalue weighted by atomic mass is 9.96. The van der Waals surface area contributed by atoms with Crippen molar-refractivity contribution in [2.24, 2.45) is 11.8 Å². The summed E-state index contributed by atoms with van der Waals surface area (Å²) >= 11 is 0. The lowest BCUT2D eigenvalue weighted by Gasteiger charge is -2.32. The first kappa shape index (κ1) is 17.2. The third kappa shape index (κ3) is 4.63. The van der Waals surface area contributed by atoms with Crippen LogP contribution in [0.15, 0.2) is 0 Å². The van der Waals surface area contributed by atoms with Gasteiger partial charge < -0.3 is 15.5 Å². The Kier molecular flexibility index (Phi) is 7.30. The largest absolute Gasteiger partial charge is 0.359 e. The molecule has 0 aromatic heterocycles. The van der Waals surface area contributed by atoms with Crippen molar-refractivity contribution in [1.29, 1.82) is 0 Å². The van der Waals surface area contributed by atoms with Gasteiger partial charge in [0.1, 0.15) is 0 Å². The zero-order chi connectivity index (χ0) is 13.7. The van der Waals surface area contributed by atoms with Crippen LogP contribution in [0.2, 0.25) is 0 Å². The summed E-state index contributed by atoms with van der Waals surface area (Å²) in [4.78, 5) is 25.7. The lowest BCUT2D eigenvalue weighted by molar-refractivity contribution is -0.135. The number of likely N-dealkylation sites (tertiary alicyclic amines) is 1. The van der Waals surface area contributed by atoms with Gasteiger partial charge in [-0.15, -0.1) is 12.4 Å². The molecule has 0 saturated carbocycles. The van der Waals surface area contributed by atoms with Crippen LogP contribution >= 0.6 is 12.4 Å². The molecule has 2 heterocycles. The Labute approximate surface area is 127 Å². The molecule has 2 aliphatic heterocycles. The van der Waals surface area contributed by atoms with Crippen LogP contribution in [-0.2, 0) is 9.59 Å². The molecular formula is C14H26ClN3O2. The first-order valence-electron chi connectivity index (χ1n) is 7.40. The van der Waals surface area contributed by atoms with Crippen molar-refractivity contribution in [1.82, 2.24) is 15.5 Å². The first-order chi connectivity index (χ1) is 9.20. The average molecular weight is 304 g/mol. The number of rotatable bonds is 4. The topological polar surface area (TPSA) is 61.4 Å². The van der Waals surface area contributed by atoms with Gasteiger partial charge in [0, 0.05) is 26.6 Å². The summed E-state index contributed by atoms with van der Waals surface area (Å²) in [5.41, 5.74) is 0. The Morgan fingerprint density at radius 3 is 2.80 bits per heavy atom. The average Bonchev–Trinajstić information content (AvgIpc) is 2.97. The number of nitrogens with zero attached hydrogens (tertiary/aromatic N) is 1. The molecule has 0 aliphatic carbocycles. The van der Waals surface area contributed by atoms with Crippen LogP contribution in [0, 0.1) is 11.8 Å². The zero-order valence-corrected chi connectivity index (χ0v) is 13.0. The highest BCUT2D eigenvalue weighted by molar-refractivity contribution is 5.85. The second-order valence-corrected chi connectivity index (χ2v) is 5.69. The maximum absolute atomic E-state index is 12.2. The van der Waals surface area contributed by atoms with Crippen molar-refractivity contribution < 1.29 is 9.59 Å². The van der Waals surface area contributed by atoms with E-state index in [0.29, 0.717) is 18.9 Å². The highest BCUT2D eigenvalue weighted by Gasteiger charge is 2.28. The van der Waals surface area contributed by atoms with E-state index in [9.17, 15) is 9.59 Å². The first-order valence-corrected chi connectivity index (χ1v) is 7.40. The standard InChI is InChI=1S/C14H25N3O2.ClH/c1-15-14(19)12-3-2-8-17(10-12)13(18)5-4-11-6-7-16-9-11;/h11-12,16H,2-10H2,1H3,(H,15,19);1H. The smallest absolute Gasteiger partial charge is 0.224 e. The SMILES string of the molecule is CNC(=O)C1CCCN(C(=O)CCC2CCNC2)C1.Cl. The van der Waals surface area contributed by atoms with Gasteiger partial charge in [-0.25, -0.2) is 0 Å². The van der Waals surface area contributed by atoms with Gasteiger partial charge in [-0.2, -0.15) is 0 Å². The molecule has 2 saturated heterocycles. The molecule has 20 heavy (non-hydrogen) atoms. The number of halogens is 1. The molecule has 0 aromatic carbocycles. The Bertz CT molecular complexity index is 332. The third-order valence-electron chi connectivity index (χ3n) is 4.32. The van der Waals surface area contributed by atoms with Crippen molar-refractivity contribution in [2.75, 3.05) is 33.2 Å². The van der Waals surface area contributed by atoms with E-state index in [-0.39, 0.29) is 30.1 Å². The molecule has 2 rings (SSSR count). The van der Waals surface area contributed by atoms with Gasteiger partial charge in [-0.1, -0.05) is 0 Å². The van der Waals surface area contributed by atoms with Gasteiger partial charge in [0.2, 0.25) is 11.8 Å². The Morgan fingerprint density at radius 2 is 2.15 bits per heavy atom. The molecule has 0 radical (unpaired) electrons. The second kappa shape index (κ2) is 8.47. The van der Waals surface area contributed by atoms with E-state index >= 15 is 0 Å². The highest BCUT2D eigenvalue weighted by atomic mass is 35.5. The number of amides is 2. The Hall–Kier alpha value is -0.810. The highest BCUT2D eigenvalue weighted by Crippen LogP contribution is 2.20. The summed E-state index contributed by atoms with van der Waals surface area (Å²) in [5, 5.41) is 6.01. The maximum Gasteiger partial charge on any atom is 0.224 e. The van der Waals surface area contributed by atoms with Crippen LogP contribution in [0.3, 0.4) is 0 Å². The molecule has 2 fully saturated rings. The number of nitrogens with one attached hydrogen (secondary N) is 2. The van der Waals surface area contributed by atoms with E-state index in [1.54, 1.807) is 7.05 Å². The molecule has 2 atom stereocenters. The molecule has 0 spiro atoms. The van der Waals surface area contributed by atoms with Crippen molar-refractivity contribution in [3.05, 3.63) is 0 Å². The summed E-state index contributed by atoms with van der Waals surface area (Å²) in [6, 6.07) is 0. The van der Waals surface area contributed by atoms with Crippen LogP contribution in [0.5, 0.6) is 0 Å². The van der Waals surface area contributed by atoms with Crippen molar-refractivity contribution in [2.45, 2.75) is 32.1 Å². The fraction of sp³-hybridized carbons (Fsp3) is 0.857. The van der Waals surface area contributed by atoms with Gasteiger partial charge in [-0.3, -0.25) is 9.59 Å². The second-order valence-electron chi connectivity index (χ2n) is 5.69.